The van der Waals surface area contributed by atoms with Crippen LogP contribution in [0.4, 0.5) is 17.3 Å². The summed E-state index contributed by atoms with van der Waals surface area (Å²) < 4.78 is 8.25. The number of aromatic nitrogens is 3. The lowest BCUT2D eigenvalue weighted by Gasteiger charge is -2.20. The predicted octanol–water partition coefficient (Wildman–Crippen LogP) is 4.67. The number of hydrogen-bond donors (Lipinski definition) is 1. The van der Waals surface area contributed by atoms with Crippen molar-refractivity contribution in [3.8, 4) is 17.0 Å². The van der Waals surface area contributed by atoms with Gasteiger partial charge in [-0.05, 0) is 57.6 Å². The number of likely N-dealkylation sites (tertiary alicyclic amines) is 1. The van der Waals surface area contributed by atoms with E-state index in [0.717, 1.165) is 50.2 Å². The molecule has 0 saturated carbocycles. The number of likely N-dealkylation sites (N-methyl/N-ethyl adjacent to an activating group) is 1. The van der Waals surface area contributed by atoms with Gasteiger partial charge in [-0.3, -0.25) is 15.0 Å². The molecule has 2 aromatic heterocycles. The zero-order valence-corrected chi connectivity index (χ0v) is 21.6. The smallest absolute Gasteiger partial charge is 0.313 e. The first kappa shape index (κ1) is 24.3. The number of rotatable bonds is 8. The maximum Gasteiger partial charge on any atom is 0.313 e. The SMILES string of the molecule is CN(C)C1CCN(COc2ccc(Nc3nccc(-c4c5n(c6ccccc46)CCC5)n3)cc2[N+](=O)[O-])C1. The zero-order chi connectivity index (χ0) is 26.2. The van der Waals surface area contributed by atoms with Crippen molar-refractivity contribution in [1.82, 2.24) is 24.3 Å². The number of fused-ring (bicyclic) bond motifs is 3. The van der Waals surface area contributed by atoms with E-state index in [1.807, 2.05) is 6.07 Å². The van der Waals surface area contributed by atoms with Crippen molar-refractivity contribution in [3.05, 3.63) is 70.5 Å². The van der Waals surface area contributed by atoms with Gasteiger partial charge in [-0.2, -0.15) is 0 Å². The van der Waals surface area contributed by atoms with E-state index >= 15 is 0 Å². The normalized spacial score (nSPS) is 17.3. The van der Waals surface area contributed by atoms with Crippen LogP contribution < -0.4 is 10.1 Å². The highest BCUT2D eigenvalue weighted by Gasteiger charge is 2.26. The Bertz CT molecular complexity index is 1500. The van der Waals surface area contributed by atoms with E-state index in [1.54, 1.807) is 18.3 Å². The van der Waals surface area contributed by atoms with E-state index in [-0.39, 0.29) is 11.4 Å². The van der Waals surface area contributed by atoms with E-state index in [9.17, 15) is 10.1 Å². The van der Waals surface area contributed by atoms with Crippen LogP contribution in [0.1, 0.15) is 18.5 Å². The molecule has 2 aliphatic heterocycles. The van der Waals surface area contributed by atoms with Crippen molar-refractivity contribution >= 4 is 28.2 Å². The van der Waals surface area contributed by atoms with Crippen molar-refractivity contribution in [2.24, 2.45) is 0 Å². The molecule has 10 heteroatoms. The molecule has 0 spiro atoms. The predicted molar refractivity (Wildman–Crippen MR) is 147 cm³/mol. The van der Waals surface area contributed by atoms with Crippen molar-refractivity contribution in [1.29, 1.82) is 0 Å². The largest absolute Gasteiger partial charge is 0.471 e. The Labute approximate surface area is 221 Å². The number of benzene rings is 2. The van der Waals surface area contributed by atoms with Crippen LogP contribution in [-0.4, -0.2) is 69.2 Å². The molecule has 6 rings (SSSR count). The molecule has 1 fully saturated rings. The Kier molecular flexibility index (Phi) is 6.42. The number of hydrogen-bond acceptors (Lipinski definition) is 8. The van der Waals surface area contributed by atoms with Gasteiger partial charge in [0.25, 0.3) is 0 Å². The third-order valence-electron chi connectivity index (χ3n) is 7.58. The minimum absolute atomic E-state index is 0.0919. The van der Waals surface area contributed by atoms with Gasteiger partial charge < -0.3 is 19.5 Å². The standard InChI is InChI=1S/C28H31N7O3/c1-32(2)20-12-15-33(17-20)18-38-26-10-9-19(16-25(26)35(36)37)30-28-29-13-11-22(31-28)27-21-6-3-4-7-23(21)34-14-5-8-24(27)34/h3-4,6-7,9-11,13,16,20H,5,8,12,14-15,17-18H2,1-2H3,(H,29,30,31). The average molecular weight is 514 g/mol. The zero-order valence-electron chi connectivity index (χ0n) is 21.6. The van der Waals surface area contributed by atoms with Crippen LogP contribution in [0, 0.1) is 10.1 Å². The van der Waals surface area contributed by atoms with Crippen molar-refractivity contribution in [2.45, 2.75) is 31.8 Å². The van der Waals surface area contributed by atoms with E-state index in [1.165, 1.54) is 22.7 Å². The summed E-state index contributed by atoms with van der Waals surface area (Å²) in [5, 5.41) is 16.2. The summed E-state index contributed by atoms with van der Waals surface area (Å²) in [6.07, 6.45) is 4.91. The minimum Gasteiger partial charge on any atom is -0.471 e. The summed E-state index contributed by atoms with van der Waals surface area (Å²) in [5.74, 6) is 0.638. The van der Waals surface area contributed by atoms with E-state index in [0.29, 0.717) is 24.4 Å². The Hall–Kier alpha value is -4.02. The number of nitro groups is 1. The quantitative estimate of drug-likeness (QED) is 0.268. The molecule has 0 radical (unpaired) electrons. The fourth-order valence-corrected chi connectivity index (χ4v) is 5.62. The van der Waals surface area contributed by atoms with Gasteiger partial charge in [-0.15, -0.1) is 0 Å². The second kappa shape index (κ2) is 10.0. The molecule has 1 N–H and O–H groups in total. The summed E-state index contributed by atoms with van der Waals surface area (Å²) >= 11 is 0. The van der Waals surface area contributed by atoms with E-state index in [2.05, 4.69) is 63.0 Å². The summed E-state index contributed by atoms with van der Waals surface area (Å²) in [7, 11) is 4.14. The van der Waals surface area contributed by atoms with Crippen LogP contribution in [-0.2, 0) is 13.0 Å². The Morgan fingerprint density at radius 3 is 2.87 bits per heavy atom. The monoisotopic (exact) mass is 513 g/mol. The van der Waals surface area contributed by atoms with Gasteiger partial charge >= 0.3 is 5.69 Å². The van der Waals surface area contributed by atoms with Gasteiger partial charge in [-0.25, -0.2) is 9.97 Å². The Balaban J connectivity index is 1.22. The third kappa shape index (κ3) is 4.57. The maximum atomic E-state index is 11.9. The molecule has 2 aliphatic rings. The molecule has 0 bridgehead atoms. The van der Waals surface area contributed by atoms with E-state index < -0.39 is 4.92 Å². The number of anilines is 2. The number of aryl methyl sites for hydroxylation is 1. The van der Waals surface area contributed by atoms with Crippen LogP contribution in [0.15, 0.2) is 54.7 Å². The molecule has 10 nitrogen and oxygen atoms in total. The number of ether oxygens (including phenoxy) is 1. The van der Waals surface area contributed by atoms with Gasteiger partial charge in [0.1, 0.15) is 6.73 Å². The lowest BCUT2D eigenvalue weighted by Crippen LogP contribution is -2.33. The van der Waals surface area contributed by atoms with Crippen LogP contribution in [0.5, 0.6) is 5.75 Å². The number of nitrogens with one attached hydrogen (secondary N) is 1. The summed E-state index contributed by atoms with van der Waals surface area (Å²) in [5.41, 5.74) is 4.93. The third-order valence-corrected chi connectivity index (χ3v) is 7.58. The minimum atomic E-state index is -0.416. The first-order valence-corrected chi connectivity index (χ1v) is 13.0. The summed E-state index contributed by atoms with van der Waals surface area (Å²) in [4.78, 5) is 25.0. The first-order valence-electron chi connectivity index (χ1n) is 13.0. The second-order valence-corrected chi connectivity index (χ2v) is 10.2. The fourth-order valence-electron chi connectivity index (χ4n) is 5.62. The molecular weight excluding hydrogens is 482 g/mol. The average Bonchev–Trinajstić information content (AvgIpc) is 3.64. The van der Waals surface area contributed by atoms with Crippen LogP contribution in [0.25, 0.3) is 22.2 Å². The summed E-state index contributed by atoms with van der Waals surface area (Å²) in [6, 6.07) is 15.7. The van der Waals surface area contributed by atoms with E-state index in [4.69, 9.17) is 9.72 Å². The molecule has 1 atom stereocenters. The molecule has 1 saturated heterocycles. The highest BCUT2D eigenvalue weighted by atomic mass is 16.6. The highest BCUT2D eigenvalue weighted by molar-refractivity contribution is 5.97. The van der Waals surface area contributed by atoms with Crippen molar-refractivity contribution < 1.29 is 9.66 Å². The second-order valence-electron chi connectivity index (χ2n) is 10.2. The van der Waals surface area contributed by atoms with Crippen LogP contribution in [0.2, 0.25) is 0 Å². The van der Waals surface area contributed by atoms with Gasteiger partial charge in [-0.1, -0.05) is 18.2 Å². The molecule has 1 unspecified atom stereocenters. The van der Waals surface area contributed by atoms with Gasteiger partial charge in [0, 0.05) is 65.8 Å². The van der Waals surface area contributed by atoms with Gasteiger partial charge in [0.15, 0.2) is 5.75 Å². The molecule has 4 aromatic rings. The molecule has 4 heterocycles. The molecule has 196 valence electrons. The molecule has 0 amide bonds. The van der Waals surface area contributed by atoms with Gasteiger partial charge in [0.05, 0.1) is 10.6 Å². The van der Waals surface area contributed by atoms with Crippen molar-refractivity contribution in [2.75, 3.05) is 39.2 Å². The van der Waals surface area contributed by atoms with Gasteiger partial charge in [0.2, 0.25) is 5.95 Å². The summed E-state index contributed by atoms with van der Waals surface area (Å²) in [6.45, 7) is 3.12. The first-order chi connectivity index (χ1) is 18.5. The topological polar surface area (TPSA) is 102 Å². The Morgan fingerprint density at radius 2 is 2.05 bits per heavy atom. The number of nitro benzene ring substituents is 1. The van der Waals surface area contributed by atoms with Crippen molar-refractivity contribution in [3.63, 3.8) is 0 Å². The van der Waals surface area contributed by atoms with Crippen LogP contribution >= 0.6 is 0 Å². The number of nitrogens with zero attached hydrogens (tertiary/aromatic N) is 6. The lowest BCUT2D eigenvalue weighted by atomic mass is 10.1. The molecule has 38 heavy (non-hydrogen) atoms. The number of para-hydroxylation sites is 1. The highest BCUT2D eigenvalue weighted by Crippen LogP contribution is 2.38. The molecule has 2 aromatic carbocycles. The lowest BCUT2D eigenvalue weighted by molar-refractivity contribution is -0.385. The Morgan fingerprint density at radius 1 is 1.18 bits per heavy atom. The molecule has 0 aliphatic carbocycles. The van der Waals surface area contributed by atoms with Crippen LogP contribution in [0.3, 0.4) is 0 Å². The fraction of sp³-hybridized carbons (Fsp3) is 0.357. The molecular formula is C28H31N7O3. The maximum absolute atomic E-state index is 11.9.